The van der Waals surface area contributed by atoms with Crippen LogP contribution < -0.4 is 10.6 Å². The Morgan fingerprint density at radius 2 is 2.00 bits per heavy atom. The van der Waals surface area contributed by atoms with E-state index in [1.807, 2.05) is 52.0 Å². The van der Waals surface area contributed by atoms with E-state index in [4.69, 9.17) is 16.1 Å². The summed E-state index contributed by atoms with van der Waals surface area (Å²) in [5.41, 5.74) is 0.848. The summed E-state index contributed by atoms with van der Waals surface area (Å²) in [6.07, 6.45) is 0. The standard InChI is InChI=1S/C17H24ClN5O.HI/c1-11(12-8-6-7-9-13(12)18)21-16(19-5)20-10-14-22-15(24-23-14)17(2,3)4;/h6-9,11H,10H2,1-5H3,(H2,19,20,21);1H. The molecule has 1 heterocycles. The average molecular weight is 478 g/mol. The molecule has 1 unspecified atom stereocenters. The second-order valence-electron chi connectivity index (χ2n) is 6.58. The SMILES string of the molecule is CN=C(NCc1noc(C(C)(C)C)n1)NC(C)c1ccccc1Cl.I. The molecule has 0 aliphatic rings. The molecule has 6 nitrogen and oxygen atoms in total. The van der Waals surface area contributed by atoms with Crippen molar-refractivity contribution in [3.63, 3.8) is 0 Å². The molecule has 0 aliphatic heterocycles. The van der Waals surface area contributed by atoms with Crippen molar-refractivity contribution in [3.8, 4) is 0 Å². The molecule has 0 saturated carbocycles. The van der Waals surface area contributed by atoms with Crippen LogP contribution in [0.4, 0.5) is 0 Å². The number of aromatic nitrogens is 2. The Bertz CT molecular complexity index is 711. The Balaban J connectivity index is 0.00000312. The Hall–Kier alpha value is -1.35. The van der Waals surface area contributed by atoms with Crippen molar-refractivity contribution in [1.82, 2.24) is 20.8 Å². The van der Waals surface area contributed by atoms with Gasteiger partial charge in [-0.3, -0.25) is 4.99 Å². The summed E-state index contributed by atoms with van der Waals surface area (Å²) in [5, 5.41) is 11.2. The molecule has 0 fully saturated rings. The number of guanidine groups is 1. The summed E-state index contributed by atoms with van der Waals surface area (Å²) in [5.74, 6) is 1.85. The fourth-order valence-corrected chi connectivity index (χ4v) is 2.40. The van der Waals surface area contributed by atoms with E-state index in [0.29, 0.717) is 24.2 Å². The van der Waals surface area contributed by atoms with Gasteiger partial charge in [0.2, 0.25) is 5.89 Å². The van der Waals surface area contributed by atoms with E-state index in [1.165, 1.54) is 0 Å². The van der Waals surface area contributed by atoms with E-state index < -0.39 is 0 Å². The first-order valence-corrected chi connectivity index (χ1v) is 8.23. The predicted octanol–water partition coefficient (Wildman–Crippen LogP) is 4.06. The molecular weight excluding hydrogens is 453 g/mol. The zero-order valence-electron chi connectivity index (χ0n) is 15.1. The quantitative estimate of drug-likeness (QED) is 0.394. The first-order valence-electron chi connectivity index (χ1n) is 7.86. The lowest BCUT2D eigenvalue weighted by atomic mass is 9.97. The third kappa shape index (κ3) is 6.14. The van der Waals surface area contributed by atoms with E-state index in [1.54, 1.807) is 7.05 Å². The molecule has 0 spiro atoms. The highest BCUT2D eigenvalue weighted by Gasteiger charge is 2.21. The summed E-state index contributed by atoms with van der Waals surface area (Å²) in [4.78, 5) is 8.61. The van der Waals surface area contributed by atoms with E-state index in [9.17, 15) is 0 Å². The molecule has 1 atom stereocenters. The minimum Gasteiger partial charge on any atom is -0.350 e. The van der Waals surface area contributed by atoms with Gasteiger partial charge in [0, 0.05) is 17.5 Å². The smallest absolute Gasteiger partial charge is 0.232 e. The molecule has 25 heavy (non-hydrogen) atoms. The van der Waals surface area contributed by atoms with Crippen molar-refractivity contribution >= 4 is 41.5 Å². The first-order chi connectivity index (χ1) is 11.3. The van der Waals surface area contributed by atoms with Crippen LogP contribution in [0.3, 0.4) is 0 Å². The third-order valence-electron chi connectivity index (χ3n) is 3.47. The minimum atomic E-state index is -0.163. The van der Waals surface area contributed by atoms with Crippen LogP contribution >= 0.6 is 35.6 Å². The van der Waals surface area contributed by atoms with Gasteiger partial charge in [-0.1, -0.05) is 55.7 Å². The van der Waals surface area contributed by atoms with Gasteiger partial charge in [0.1, 0.15) is 0 Å². The summed E-state index contributed by atoms with van der Waals surface area (Å²) in [7, 11) is 1.71. The Labute approximate surface area is 170 Å². The molecular formula is C17H25ClIN5O. The van der Waals surface area contributed by atoms with Gasteiger partial charge >= 0.3 is 0 Å². The van der Waals surface area contributed by atoms with Gasteiger partial charge in [-0.25, -0.2) is 0 Å². The Morgan fingerprint density at radius 3 is 2.56 bits per heavy atom. The summed E-state index contributed by atoms with van der Waals surface area (Å²) in [6, 6.07) is 7.75. The number of nitrogens with one attached hydrogen (secondary N) is 2. The number of halogens is 2. The van der Waals surface area contributed by atoms with E-state index in [0.717, 1.165) is 10.6 Å². The highest BCUT2D eigenvalue weighted by atomic mass is 127. The lowest BCUT2D eigenvalue weighted by molar-refractivity contribution is 0.318. The van der Waals surface area contributed by atoms with Crippen LogP contribution in [0.1, 0.15) is 51.0 Å². The number of hydrogen-bond acceptors (Lipinski definition) is 4. The molecule has 2 N–H and O–H groups in total. The lowest BCUT2D eigenvalue weighted by Gasteiger charge is -2.18. The molecule has 2 aromatic rings. The van der Waals surface area contributed by atoms with Gasteiger partial charge in [0.05, 0.1) is 12.6 Å². The lowest BCUT2D eigenvalue weighted by Crippen LogP contribution is -2.38. The molecule has 0 aliphatic carbocycles. The minimum absolute atomic E-state index is 0. The van der Waals surface area contributed by atoms with Gasteiger partial charge in [-0.2, -0.15) is 4.98 Å². The highest BCUT2D eigenvalue weighted by molar-refractivity contribution is 14.0. The maximum atomic E-state index is 6.23. The number of aliphatic imine (C=N–C) groups is 1. The molecule has 8 heteroatoms. The maximum Gasteiger partial charge on any atom is 0.232 e. The highest BCUT2D eigenvalue weighted by Crippen LogP contribution is 2.22. The van der Waals surface area contributed by atoms with Gasteiger partial charge < -0.3 is 15.2 Å². The molecule has 1 aromatic carbocycles. The summed E-state index contributed by atoms with van der Waals surface area (Å²) >= 11 is 6.23. The van der Waals surface area contributed by atoms with Gasteiger partial charge in [0.15, 0.2) is 11.8 Å². The van der Waals surface area contributed by atoms with Crippen LogP contribution in [0.25, 0.3) is 0 Å². The largest absolute Gasteiger partial charge is 0.350 e. The molecule has 2 rings (SSSR count). The van der Waals surface area contributed by atoms with Crippen LogP contribution in [-0.4, -0.2) is 23.1 Å². The normalized spacial score (nSPS) is 13.1. The van der Waals surface area contributed by atoms with E-state index in [-0.39, 0.29) is 35.4 Å². The summed E-state index contributed by atoms with van der Waals surface area (Å²) < 4.78 is 5.28. The third-order valence-corrected chi connectivity index (χ3v) is 3.82. The second-order valence-corrected chi connectivity index (χ2v) is 6.99. The molecule has 0 bridgehead atoms. The Kier molecular flexibility index (Phi) is 8.14. The fraction of sp³-hybridized carbons (Fsp3) is 0.471. The van der Waals surface area contributed by atoms with E-state index >= 15 is 0 Å². The zero-order chi connectivity index (χ0) is 17.7. The monoisotopic (exact) mass is 477 g/mol. The number of benzene rings is 1. The van der Waals surface area contributed by atoms with Gasteiger partial charge in [-0.05, 0) is 18.6 Å². The van der Waals surface area contributed by atoms with Gasteiger partial charge in [0.25, 0.3) is 0 Å². The molecule has 1 aromatic heterocycles. The van der Waals surface area contributed by atoms with Crippen LogP contribution in [-0.2, 0) is 12.0 Å². The predicted molar refractivity (Wildman–Crippen MR) is 112 cm³/mol. The maximum absolute atomic E-state index is 6.23. The van der Waals surface area contributed by atoms with Crippen molar-refractivity contribution in [2.45, 2.75) is 45.7 Å². The fourth-order valence-electron chi connectivity index (χ4n) is 2.10. The van der Waals surface area contributed by atoms with Crippen LogP contribution in [0.5, 0.6) is 0 Å². The van der Waals surface area contributed by atoms with Crippen molar-refractivity contribution in [2.24, 2.45) is 4.99 Å². The summed E-state index contributed by atoms with van der Waals surface area (Å²) in [6.45, 7) is 8.55. The Morgan fingerprint density at radius 1 is 1.32 bits per heavy atom. The molecule has 0 amide bonds. The van der Waals surface area contributed by atoms with Crippen LogP contribution in [0.15, 0.2) is 33.8 Å². The van der Waals surface area contributed by atoms with Crippen molar-refractivity contribution in [2.75, 3.05) is 7.05 Å². The second kappa shape index (κ2) is 9.38. The van der Waals surface area contributed by atoms with Crippen molar-refractivity contribution in [1.29, 1.82) is 0 Å². The van der Waals surface area contributed by atoms with Gasteiger partial charge in [-0.15, -0.1) is 24.0 Å². The molecule has 0 radical (unpaired) electrons. The number of hydrogen-bond donors (Lipinski definition) is 2. The zero-order valence-corrected chi connectivity index (χ0v) is 18.2. The van der Waals surface area contributed by atoms with Crippen LogP contribution in [0.2, 0.25) is 5.02 Å². The molecule has 138 valence electrons. The molecule has 0 saturated heterocycles. The first kappa shape index (κ1) is 21.7. The topological polar surface area (TPSA) is 75.3 Å². The van der Waals surface area contributed by atoms with Crippen molar-refractivity contribution in [3.05, 3.63) is 46.6 Å². The van der Waals surface area contributed by atoms with Crippen LogP contribution in [0, 0.1) is 0 Å². The number of rotatable bonds is 4. The average Bonchev–Trinajstić information content (AvgIpc) is 3.00. The number of nitrogens with zero attached hydrogens (tertiary/aromatic N) is 3. The van der Waals surface area contributed by atoms with E-state index in [2.05, 4.69) is 25.8 Å². The van der Waals surface area contributed by atoms with Crippen molar-refractivity contribution < 1.29 is 4.52 Å².